The van der Waals surface area contributed by atoms with Crippen molar-refractivity contribution >= 4 is 11.6 Å². The average molecular weight is 345 g/mol. The van der Waals surface area contributed by atoms with Crippen molar-refractivity contribution in [3.05, 3.63) is 57.9 Å². The molecule has 1 aromatic heterocycles. The van der Waals surface area contributed by atoms with E-state index in [1.165, 1.54) is 0 Å². The van der Waals surface area contributed by atoms with Gasteiger partial charge in [-0.2, -0.15) is 0 Å². The van der Waals surface area contributed by atoms with Crippen LogP contribution in [0.4, 0.5) is 0 Å². The predicted molar refractivity (Wildman–Crippen MR) is 93.6 cm³/mol. The molecule has 2 aromatic rings. The number of nitrogens with zero attached hydrogens (tertiary/aromatic N) is 2. The van der Waals surface area contributed by atoms with Crippen LogP contribution in [0.15, 0.2) is 30.3 Å². The number of piperidine rings is 1. The highest BCUT2D eigenvalue weighted by Gasteiger charge is 2.27. The number of likely N-dealkylation sites (tertiary alicyclic amines) is 1. The van der Waals surface area contributed by atoms with Gasteiger partial charge in [0.15, 0.2) is 0 Å². The monoisotopic (exact) mass is 344 g/mol. The Morgan fingerprint density at radius 1 is 1.21 bits per heavy atom. The smallest absolute Gasteiger partial charge is 0.127 e. The lowest BCUT2D eigenvalue weighted by Gasteiger charge is -2.29. The summed E-state index contributed by atoms with van der Waals surface area (Å²) < 4.78 is 5.83. The van der Waals surface area contributed by atoms with Crippen molar-refractivity contribution in [1.29, 1.82) is 0 Å². The summed E-state index contributed by atoms with van der Waals surface area (Å²) >= 11 is 6.05. The SMILES string of the molecule is CN1CCC(c2ccc3c(n2)C(O)c2ccc(Cl)cc2OC3)CC1. The van der Waals surface area contributed by atoms with Crippen LogP contribution in [-0.4, -0.2) is 35.1 Å². The van der Waals surface area contributed by atoms with Crippen molar-refractivity contribution in [2.75, 3.05) is 20.1 Å². The zero-order chi connectivity index (χ0) is 16.7. The zero-order valence-corrected chi connectivity index (χ0v) is 14.5. The summed E-state index contributed by atoms with van der Waals surface area (Å²) in [5.74, 6) is 1.10. The maximum atomic E-state index is 10.9. The molecule has 1 saturated heterocycles. The highest BCUT2D eigenvalue weighted by atomic mass is 35.5. The van der Waals surface area contributed by atoms with Gasteiger partial charge < -0.3 is 14.7 Å². The number of aliphatic hydroxyl groups is 1. The van der Waals surface area contributed by atoms with E-state index < -0.39 is 6.10 Å². The number of ether oxygens (including phenoxy) is 1. The van der Waals surface area contributed by atoms with Crippen molar-refractivity contribution in [3.63, 3.8) is 0 Å². The molecule has 0 radical (unpaired) electrons. The predicted octanol–water partition coefficient (Wildman–Crippen LogP) is 3.52. The Balaban J connectivity index is 1.69. The molecule has 1 fully saturated rings. The Labute approximate surface area is 147 Å². The second-order valence-corrected chi connectivity index (χ2v) is 7.17. The van der Waals surface area contributed by atoms with Gasteiger partial charge >= 0.3 is 0 Å². The molecular weight excluding hydrogens is 324 g/mol. The number of aliphatic hydroxyl groups excluding tert-OH is 1. The Hall–Kier alpha value is -1.62. The van der Waals surface area contributed by atoms with Gasteiger partial charge in [0.25, 0.3) is 0 Å². The fourth-order valence-corrected chi connectivity index (χ4v) is 3.73. The summed E-state index contributed by atoms with van der Waals surface area (Å²) in [4.78, 5) is 7.19. The maximum absolute atomic E-state index is 10.9. The lowest BCUT2D eigenvalue weighted by atomic mass is 9.92. The minimum atomic E-state index is -0.777. The highest BCUT2D eigenvalue weighted by molar-refractivity contribution is 6.30. The molecule has 0 aliphatic carbocycles. The molecule has 0 bridgehead atoms. The van der Waals surface area contributed by atoms with E-state index in [1.54, 1.807) is 12.1 Å². The van der Waals surface area contributed by atoms with Crippen LogP contribution in [0, 0.1) is 0 Å². The van der Waals surface area contributed by atoms with Crippen LogP contribution < -0.4 is 4.74 Å². The van der Waals surface area contributed by atoms with E-state index in [0.717, 1.165) is 42.8 Å². The first-order chi connectivity index (χ1) is 11.6. The number of benzene rings is 1. The molecule has 0 saturated carbocycles. The molecule has 126 valence electrons. The number of pyridine rings is 1. The largest absolute Gasteiger partial charge is 0.488 e. The Bertz CT molecular complexity index is 757. The number of rotatable bonds is 1. The third kappa shape index (κ3) is 2.90. The molecular formula is C19H21ClN2O2. The summed E-state index contributed by atoms with van der Waals surface area (Å²) in [5.41, 5.74) is 3.46. The van der Waals surface area contributed by atoms with Gasteiger partial charge in [0.2, 0.25) is 0 Å². The molecule has 0 amide bonds. The standard InChI is InChI=1S/C19H21ClN2O2/c1-22-8-6-12(7-9-22)16-5-2-13-11-24-17-10-14(20)3-4-15(17)19(23)18(13)21-16/h2-5,10,12,19,23H,6-9,11H2,1H3. The van der Waals surface area contributed by atoms with E-state index in [2.05, 4.69) is 18.0 Å². The molecule has 1 unspecified atom stereocenters. The zero-order valence-electron chi connectivity index (χ0n) is 13.7. The van der Waals surface area contributed by atoms with Crippen LogP contribution in [0.1, 0.15) is 47.4 Å². The summed E-state index contributed by atoms with van der Waals surface area (Å²) in [6, 6.07) is 9.49. The molecule has 1 N–H and O–H groups in total. The number of hydrogen-bond donors (Lipinski definition) is 1. The topological polar surface area (TPSA) is 45.6 Å². The molecule has 0 spiro atoms. The molecule has 3 heterocycles. The number of hydrogen-bond acceptors (Lipinski definition) is 4. The normalized spacial score (nSPS) is 21.5. The molecule has 24 heavy (non-hydrogen) atoms. The van der Waals surface area contributed by atoms with Crippen molar-refractivity contribution in [2.24, 2.45) is 0 Å². The van der Waals surface area contributed by atoms with Gasteiger partial charge in [-0.1, -0.05) is 23.7 Å². The minimum Gasteiger partial charge on any atom is -0.488 e. The van der Waals surface area contributed by atoms with Gasteiger partial charge in [0, 0.05) is 27.8 Å². The van der Waals surface area contributed by atoms with E-state index in [0.29, 0.717) is 29.0 Å². The van der Waals surface area contributed by atoms with Gasteiger partial charge in [-0.15, -0.1) is 0 Å². The highest BCUT2D eigenvalue weighted by Crippen LogP contribution is 2.37. The van der Waals surface area contributed by atoms with Crippen LogP contribution >= 0.6 is 11.6 Å². The van der Waals surface area contributed by atoms with E-state index in [1.807, 2.05) is 12.1 Å². The Morgan fingerprint density at radius 2 is 2.00 bits per heavy atom. The second-order valence-electron chi connectivity index (χ2n) is 6.73. The molecule has 5 heteroatoms. The van der Waals surface area contributed by atoms with Crippen LogP contribution in [0.2, 0.25) is 5.02 Å². The molecule has 4 rings (SSSR count). The first-order valence-electron chi connectivity index (χ1n) is 8.40. The van der Waals surface area contributed by atoms with Crippen molar-refractivity contribution in [2.45, 2.75) is 31.5 Å². The molecule has 2 aliphatic heterocycles. The third-order valence-corrected chi connectivity index (χ3v) is 5.32. The van der Waals surface area contributed by atoms with E-state index in [9.17, 15) is 5.11 Å². The van der Waals surface area contributed by atoms with Crippen molar-refractivity contribution < 1.29 is 9.84 Å². The lowest BCUT2D eigenvalue weighted by molar-refractivity contribution is 0.212. The van der Waals surface area contributed by atoms with E-state index in [-0.39, 0.29) is 0 Å². The second kappa shape index (κ2) is 6.36. The fourth-order valence-electron chi connectivity index (χ4n) is 3.57. The Morgan fingerprint density at radius 3 is 2.79 bits per heavy atom. The lowest BCUT2D eigenvalue weighted by Crippen LogP contribution is -2.29. The quantitative estimate of drug-likeness (QED) is 0.859. The molecule has 1 atom stereocenters. The first-order valence-corrected chi connectivity index (χ1v) is 8.78. The van der Waals surface area contributed by atoms with Gasteiger partial charge in [0.1, 0.15) is 18.5 Å². The summed E-state index contributed by atoms with van der Waals surface area (Å²) in [6.07, 6.45) is 1.45. The third-order valence-electron chi connectivity index (χ3n) is 5.08. The van der Waals surface area contributed by atoms with E-state index in [4.69, 9.17) is 21.3 Å². The average Bonchev–Trinajstić information content (AvgIpc) is 2.72. The van der Waals surface area contributed by atoms with E-state index >= 15 is 0 Å². The van der Waals surface area contributed by atoms with Gasteiger partial charge in [-0.05, 0) is 51.2 Å². The summed E-state index contributed by atoms with van der Waals surface area (Å²) in [7, 11) is 2.16. The van der Waals surface area contributed by atoms with Crippen LogP contribution in [0.25, 0.3) is 0 Å². The number of aromatic nitrogens is 1. The van der Waals surface area contributed by atoms with Crippen LogP contribution in [-0.2, 0) is 6.61 Å². The molecule has 4 nitrogen and oxygen atoms in total. The maximum Gasteiger partial charge on any atom is 0.127 e. The Kier molecular flexibility index (Phi) is 4.21. The first kappa shape index (κ1) is 15.9. The van der Waals surface area contributed by atoms with Gasteiger partial charge in [0.05, 0.1) is 5.69 Å². The number of halogens is 1. The summed E-state index contributed by atoms with van der Waals surface area (Å²) in [5, 5.41) is 11.5. The van der Waals surface area contributed by atoms with Gasteiger partial charge in [-0.3, -0.25) is 4.98 Å². The minimum absolute atomic E-state index is 0.403. The molecule has 1 aromatic carbocycles. The number of fused-ring (bicyclic) bond motifs is 2. The fraction of sp³-hybridized carbons (Fsp3) is 0.421. The summed E-state index contributed by atoms with van der Waals surface area (Å²) in [6.45, 7) is 2.59. The van der Waals surface area contributed by atoms with Gasteiger partial charge in [-0.25, -0.2) is 0 Å². The van der Waals surface area contributed by atoms with Crippen LogP contribution in [0.3, 0.4) is 0 Å². The van der Waals surface area contributed by atoms with Crippen molar-refractivity contribution in [3.8, 4) is 5.75 Å². The molecule has 2 aliphatic rings. The van der Waals surface area contributed by atoms with Crippen molar-refractivity contribution in [1.82, 2.24) is 9.88 Å². The van der Waals surface area contributed by atoms with Crippen LogP contribution in [0.5, 0.6) is 5.75 Å².